The average Bonchev–Trinajstić information content (AvgIpc) is 3.68. The smallest absolute Gasteiger partial charge is 0.177 e. The van der Waals surface area contributed by atoms with Gasteiger partial charge in [0.1, 0.15) is 23.2 Å². The maximum atomic E-state index is 6.37. The third kappa shape index (κ3) is 4.25. The summed E-state index contributed by atoms with van der Waals surface area (Å²) in [5.74, 6) is 4.46. The maximum absolute atomic E-state index is 6.37. The molecule has 6 heteroatoms. The van der Waals surface area contributed by atoms with Crippen molar-refractivity contribution in [1.29, 1.82) is 0 Å². The number of furan rings is 1. The number of nitrogens with zero attached hydrogens (tertiary/aromatic N) is 2. The molecule has 2 N–H and O–H groups in total. The fourth-order valence-corrected chi connectivity index (χ4v) is 3.94. The van der Waals surface area contributed by atoms with Crippen molar-refractivity contribution >= 4 is 0 Å². The number of hydrogen-bond acceptors (Lipinski definition) is 4. The molecule has 0 aliphatic heterocycles. The van der Waals surface area contributed by atoms with Crippen LogP contribution in [0.3, 0.4) is 0 Å². The zero-order chi connectivity index (χ0) is 23.6. The second kappa shape index (κ2) is 8.83. The molecular formula is C29H22N4O2. The number of aryl methyl sites for hydroxylation is 1. The van der Waals surface area contributed by atoms with Crippen molar-refractivity contribution < 1.29 is 9.15 Å². The first-order valence-electron chi connectivity index (χ1n) is 11.3. The van der Waals surface area contributed by atoms with E-state index in [2.05, 4.69) is 26.9 Å². The van der Waals surface area contributed by atoms with Gasteiger partial charge in [0.2, 0.25) is 0 Å². The molecule has 0 atom stereocenters. The van der Waals surface area contributed by atoms with Gasteiger partial charge in [-0.3, -0.25) is 0 Å². The van der Waals surface area contributed by atoms with Crippen molar-refractivity contribution in [2.24, 2.45) is 0 Å². The molecule has 3 heterocycles. The highest BCUT2D eigenvalue weighted by Crippen LogP contribution is 2.40. The molecule has 0 spiro atoms. The van der Waals surface area contributed by atoms with Crippen molar-refractivity contribution in [1.82, 2.24) is 19.9 Å². The van der Waals surface area contributed by atoms with Crippen LogP contribution in [-0.4, -0.2) is 19.9 Å². The predicted molar refractivity (Wildman–Crippen MR) is 136 cm³/mol. The summed E-state index contributed by atoms with van der Waals surface area (Å²) in [6.45, 7) is 2.05. The molecule has 6 nitrogen and oxygen atoms in total. The molecule has 35 heavy (non-hydrogen) atoms. The Bertz CT molecular complexity index is 1530. The molecule has 0 amide bonds. The topological polar surface area (TPSA) is 79.7 Å². The van der Waals surface area contributed by atoms with Crippen molar-refractivity contribution in [3.05, 3.63) is 109 Å². The normalized spacial score (nSPS) is 11.0. The number of aromatic amines is 2. The van der Waals surface area contributed by atoms with E-state index in [-0.39, 0.29) is 0 Å². The van der Waals surface area contributed by atoms with E-state index in [0.29, 0.717) is 11.5 Å². The van der Waals surface area contributed by atoms with Crippen LogP contribution in [-0.2, 0) is 0 Å². The molecular weight excluding hydrogens is 436 g/mol. The summed E-state index contributed by atoms with van der Waals surface area (Å²) in [5.41, 5.74) is 5.05. The fraction of sp³-hybridized carbons (Fsp3) is 0.0345. The second-order valence-electron chi connectivity index (χ2n) is 8.25. The van der Waals surface area contributed by atoms with Gasteiger partial charge >= 0.3 is 0 Å². The average molecular weight is 459 g/mol. The molecule has 0 saturated carbocycles. The van der Waals surface area contributed by atoms with Crippen LogP contribution in [0.15, 0.2) is 108 Å². The Morgan fingerprint density at radius 3 is 1.74 bits per heavy atom. The van der Waals surface area contributed by atoms with Crippen LogP contribution in [0, 0.1) is 6.92 Å². The monoisotopic (exact) mass is 458 g/mol. The van der Waals surface area contributed by atoms with Gasteiger partial charge in [0, 0.05) is 53.1 Å². The van der Waals surface area contributed by atoms with Crippen molar-refractivity contribution in [3.63, 3.8) is 0 Å². The standard InChI is InChI=1S/C29H22N4O2/c1-19-2-12-24(13-3-19)34-26-18-25(20-4-8-22(9-5-20)28-30-14-15-31-28)35-27(26)21-6-10-23(11-7-21)29-32-16-17-33-29/h2-18H,1H3,(H,30,31)(H,32,33). The van der Waals surface area contributed by atoms with Crippen LogP contribution in [0.5, 0.6) is 11.5 Å². The van der Waals surface area contributed by atoms with Gasteiger partial charge in [0.05, 0.1) is 0 Å². The molecule has 0 aliphatic carbocycles. The lowest BCUT2D eigenvalue weighted by molar-refractivity contribution is 0.473. The number of H-pyrrole nitrogens is 2. The van der Waals surface area contributed by atoms with Gasteiger partial charge in [0.25, 0.3) is 0 Å². The third-order valence-corrected chi connectivity index (χ3v) is 5.81. The number of nitrogens with one attached hydrogen (secondary N) is 2. The minimum Gasteiger partial charge on any atom is -0.453 e. The first-order valence-corrected chi connectivity index (χ1v) is 11.3. The highest BCUT2D eigenvalue weighted by atomic mass is 16.5. The van der Waals surface area contributed by atoms with Crippen molar-refractivity contribution in [3.8, 4) is 56.9 Å². The van der Waals surface area contributed by atoms with Crippen molar-refractivity contribution in [2.75, 3.05) is 0 Å². The van der Waals surface area contributed by atoms with Gasteiger partial charge < -0.3 is 19.1 Å². The Labute approximate surface area is 202 Å². The van der Waals surface area contributed by atoms with Crippen LogP contribution < -0.4 is 4.74 Å². The maximum Gasteiger partial charge on any atom is 0.177 e. The summed E-state index contributed by atoms with van der Waals surface area (Å²) in [7, 11) is 0. The summed E-state index contributed by atoms with van der Waals surface area (Å²) in [6.07, 6.45) is 7.11. The Hall–Kier alpha value is -4.84. The number of ether oxygens (including phenoxy) is 1. The SMILES string of the molecule is Cc1ccc(Oc2cc(-c3ccc(-c4ncc[nH]4)cc3)oc2-c2ccc(-c3ncc[nH]3)cc2)cc1. The van der Waals surface area contributed by atoms with Gasteiger partial charge in [0.15, 0.2) is 11.5 Å². The minimum atomic E-state index is 0.657. The van der Waals surface area contributed by atoms with E-state index < -0.39 is 0 Å². The van der Waals surface area contributed by atoms with E-state index in [9.17, 15) is 0 Å². The molecule has 0 unspecified atom stereocenters. The highest BCUT2D eigenvalue weighted by Gasteiger charge is 2.17. The molecule has 3 aromatic carbocycles. The molecule has 0 bridgehead atoms. The van der Waals surface area contributed by atoms with E-state index >= 15 is 0 Å². The van der Waals surface area contributed by atoms with Gasteiger partial charge in [-0.2, -0.15) is 0 Å². The van der Waals surface area contributed by atoms with Gasteiger partial charge in [-0.15, -0.1) is 0 Å². The predicted octanol–water partition coefficient (Wildman–Crippen LogP) is 7.49. The lowest BCUT2D eigenvalue weighted by Gasteiger charge is -2.07. The van der Waals surface area contributed by atoms with Crippen LogP contribution in [0.25, 0.3) is 45.4 Å². The first-order chi connectivity index (χ1) is 17.2. The first kappa shape index (κ1) is 20.7. The Morgan fingerprint density at radius 1 is 0.657 bits per heavy atom. The summed E-state index contributed by atoms with van der Waals surface area (Å²) in [5, 5.41) is 0. The Morgan fingerprint density at radius 2 is 1.20 bits per heavy atom. The Kier molecular flexibility index (Phi) is 5.24. The van der Waals surface area contributed by atoms with E-state index in [1.165, 1.54) is 5.56 Å². The lowest BCUT2D eigenvalue weighted by atomic mass is 10.1. The summed E-state index contributed by atoms with van der Waals surface area (Å²) in [4.78, 5) is 14.9. The second-order valence-corrected chi connectivity index (χ2v) is 8.25. The summed E-state index contributed by atoms with van der Waals surface area (Å²) in [6, 6.07) is 26.1. The zero-order valence-electron chi connectivity index (χ0n) is 19.0. The fourth-order valence-electron chi connectivity index (χ4n) is 3.94. The third-order valence-electron chi connectivity index (χ3n) is 5.81. The van der Waals surface area contributed by atoms with Gasteiger partial charge in [-0.1, -0.05) is 66.2 Å². The van der Waals surface area contributed by atoms with Crippen LogP contribution in [0.1, 0.15) is 5.56 Å². The number of rotatable bonds is 6. The molecule has 6 rings (SSSR count). The number of imidazole rings is 2. The highest BCUT2D eigenvalue weighted by molar-refractivity contribution is 5.74. The Balaban J connectivity index is 1.37. The summed E-state index contributed by atoms with van der Waals surface area (Å²) < 4.78 is 12.7. The summed E-state index contributed by atoms with van der Waals surface area (Å²) >= 11 is 0. The molecule has 0 aliphatic rings. The molecule has 0 fully saturated rings. The largest absolute Gasteiger partial charge is 0.453 e. The zero-order valence-corrected chi connectivity index (χ0v) is 19.0. The van der Waals surface area contributed by atoms with Crippen molar-refractivity contribution in [2.45, 2.75) is 6.92 Å². The van der Waals surface area contributed by atoms with E-state index in [4.69, 9.17) is 9.15 Å². The van der Waals surface area contributed by atoms with Crippen LogP contribution in [0.2, 0.25) is 0 Å². The van der Waals surface area contributed by atoms with Gasteiger partial charge in [-0.25, -0.2) is 9.97 Å². The molecule has 0 radical (unpaired) electrons. The lowest BCUT2D eigenvalue weighted by Crippen LogP contribution is -1.86. The minimum absolute atomic E-state index is 0.657. The number of benzene rings is 3. The van der Waals surface area contributed by atoms with Gasteiger partial charge in [-0.05, 0) is 19.1 Å². The quantitative estimate of drug-likeness (QED) is 0.271. The number of aromatic nitrogens is 4. The molecule has 170 valence electrons. The molecule has 3 aromatic heterocycles. The van der Waals surface area contributed by atoms with E-state index in [0.717, 1.165) is 45.4 Å². The van der Waals surface area contributed by atoms with E-state index in [1.54, 1.807) is 12.4 Å². The molecule has 6 aromatic rings. The number of hydrogen-bond donors (Lipinski definition) is 2. The van der Waals surface area contributed by atoms with E-state index in [1.807, 2.05) is 91.3 Å². The molecule has 0 saturated heterocycles. The van der Waals surface area contributed by atoms with Crippen LogP contribution in [0.4, 0.5) is 0 Å². The van der Waals surface area contributed by atoms with Crippen LogP contribution >= 0.6 is 0 Å².